The third kappa shape index (κ3) is 2.23. The van der Waals surface area contributed by atoms with Crippen LogP contribution < -0.4 is 5.32 Å². The molecule has 0 aliphatic carbocycles. The number of carbonyl (C=O) groups is 2. The average molecular weight is 230 g/mol. The maximum atomic E-state index is 12.0. The van der Waals surface area contributed by atoms with Gasteiger partial charge < -0.3 is 5.32 Å². The van der Waals surface area contributed by atoms with Gasteiger partial charge in [-0.3, -0.25) is 9.59 Å². The summed E-state index contributed by atoms with van der Waals surface area (Å²) in [5.41, 5.74) is -0.466. The van der Waals surface area contributed by atoms with Crippen LogP contribution in [0, 0.1) is 11.3 Å². The molecule has 1 N–H and O–H groups in total. The highest BCUT2D eigenvalue weighted by Gasteiger charge is 2.44. The fourth-order valence-corrected chi connectivity index (χ4v) is 2.13. The maximum absolute atomic E-state index is 12.0. The summed E-state index contributed by atoms with van der Waals surface area (Å²) in [6.07, 6.45) is 1.96. The second kappa shape index (κ2) is 4.35. The largest absolute Gasteiger partial charge is 0.331 e. The standard InChI is InChI=1S/C11H16ClNO2/c1-7(2)4-11(3)9(14)8(5-12)6-13-10(11)15/h6-7H,4-5H2,1-3H3,(H,13,15). The van der Waals surface area contributed by atoms with Crippen molar-refractivity contribution >= 4 is 23.3 Å². The Morgan fingerprint density at radius 3 is 2.53 bits per heavy atom. The van der Waals surface area contributed by atoms with Gasteiger partial charge in [0.15, 0.2) is 5.78 Å². The predicted molar refractivity (Wildman–Crippen MR) is 59.5 cm³/mol. The first kappa shape index (κ1) is 12.2. The Bertz CT molecular complexity index is 323. The lowest BCUT2D eigenvalue weighted by Crippen LogP contribution is -2.48. The molecule has 0 saturated heterocycles. The van der Waals surface area contributed by atoms with Crippen LogP contribution >= 0.6 is 11.6 Å². The molecule has 0 aromatic carbocycles. The van der Waals surface area contributed by atoms with E-state index in [1.807, 2.05) is 13.8 Å². The molecule has 0 bridgehead atoms. The predicted octanol–water partition coefficient (Wildman–Crippen LogP) is 1.86. The van der Waals surface area contributed by atoms with Gasteiger partial charge in [0.1, 0.15) is 5.41 Å². The molecule has 0 aromatic rings. The molecule has 1 unspecified atom stereocenters. The van der Waals surface area contributed by atoms with Crippen LogP contribution in [0.3, 0.4) is 0 Å². The molecule has 1 heterocycles. The van der Waals surface area contributed by atoms with Gasteiger partial charge in [-0.2, -0.15) is 0 Å². The normalized spacial score (nSPS) is 26.6. The summed E-state index contributed by atoms with van der Waals surface area (Å²) in [5, 5.41) is 2.60. The molecular weight excluding hydrogens is 214 g/mol. The molecule has 0 radical (unpaired) electrons. The van der Waals surface area contributed by atoms with Gasteiger partial charge in [0.25, 0.3) is 0 Å². The van der Waals surface area contributed by atoms with E-state index in [-0.39, 0.29) is 17.6 Å². The topological polar surface area (TPSA) is 46.2 Å². The number of halogens is 1. The third-order valence-electron chi connectivity index (χ3n) is 2.63. The number of Topliss-reactive ketones (excluding diaryl/α,β-unsaturated/α-hetero) is 1. The van der Waals surface area contributed by atoms with Crippen LogP contribution in [0.4, 0.5) is 0 Å². The molecular formula is C11H16ClNO2. The monoisotopic (exact) mass is 229 g/mol. The molecule has 0 saturated carbocycles. The van der Waals surface area contributed by atoms with E-state index in [1.54, 1.807) is 6.92 Å². The van der Waals surface area contributed by atoms with Crippen LogP contribution in [-0.2, 0) is 9.59 Å². The Labute approximate surface area is 94.9 Å². The van der Waals surface area contributed by atoms with E-state index in [0.29, 0.717) is 17.9 Å². The smallest absolute Gasteiger partial charge is 0.237 e. The minimum Gasteiger partial charge on any atom is -0.331 e. The summed E-state index contributed by atoms with van der Waals surface area (Å²) < 4.78 is 0. The molecule has 0 aromatic heterocycles. The van der Waals surface area contributed by atoms with Gasteiger partial charge in [-0.25, -0.2) is 0 Å². The molecule has 1 rings (SSSR count). The molecule has 4 heteroatoms. The number of hydrogen-bond donors (Lipinski definition) is 1. The second-order valence-electron chi connectivity index (χ2n) is 4.54. The van der Waals surface area contributed by atoms with Crippen molar-refractivity contribution in [2.45, 2.75) is 27.2 Å². The first-order chi connectivity index (χ1) is 6.91. The van der Waals surface area contributed by atoms with Crippen LogP contribution in [0.1, 0.15) is 27.2 Å². The number of nitrogens with one attached hydrogen (secondary N) is 1. The van der Waals surface area contributed by atoms with E-state index in [0.717, 1.165) is 0 Å². The number of allylic oxidation sites excluding steroid dienone is 1. The number of amides is 1. The Morgan fingerprint density at radius 2 is 2.07 bits per heavy atom. The van der Waals surface area contributed by atoms with E-state index in [9.17, 15) is 9.59 Å². The lowest BCUT2D eigenvalue weighted by molar-refractivity contribution is -0.140. The Hall–Kier alpha value is -0.830. The first-order valence-corrected chi connectivity index (χ1v) is 5.56. The minimum absolute atomic E-state index is 0.144. The van der Waals surface area contributed by atoms with E-state index in [2.05, 4.69) is 5.32 Å². The molecule has 3 nitrogen and oxygen atoms in total. The second-order valence-corrected chi connectivity index (χ2v) is 4.80. The SMILES string of the molecule is CC(C)CC1(C)C(=O)NC=C(CCl)C1=O. The molecule has 15 heavy (non-hydrogen) atoms. The molecule has 1 atom stereocenters. The van der Waals surface area contributed by atoms with Crippen LogP contribution in [-0.4, -0.2) is 17.6 Å². The Morgan fingerprint density at radius 1 is 1.47 bits per heavy atom. The molecule has 0 fully saturated rings. The molecule has 84 valence electrons. The number of hydrogen-bond acceptors (Lipinski definition) is 2. The summed E-state index contributed by atoms with van der Waals surface area (Å²) in [5.74, 6) is 0.0664. The quantitative estimate of drug-likeness (QED) is 0.593. The van der Waals surface area contributed by atoms with E-state index in [4.69, 9.17) is 11.6 Å². The zero-order chi connectivity index (χ0) is 11.6. The summed E-state index contributed by atoms with van der Waals surface area (Å²) >= 11 is 5.65. The highest BCUT2D eigenvalue weighted by atomic mass is 35.5. The van der Waals surface area contributed by atoms with E-state index in [1.165, 1.54) is 6.20 Å². The first-order valence-electron chi connectivity index (χ1n) is 5.02. The van der Waals surface area contributed by atoms with Gasteiger partial charge in [-0.05, 0) is 19.3 Å². The zero-order valence-electron chi connectivity index (χ0n) is 9.26. The van der Waals surface area contributed by atoms with Gasteiger partial charge in [0, 0.05) is 11.8 Å². The molecule has 1 aliphatic rings. The lowest BCUT2D eigenvalue weighted by Gasteiger charge is -2.31. The van der Waals surface area contributed by atoms with E-state index >= 15 is 0 Å². The average Bonchev–Trinajstić information content (AvgIpc) is 2.14. The van der Waals surface area contributed by atoms with Crippen LogP contribution in [0.15, 0.2) is 11.8 Å². The van der Waals surface area contributed by atoms with Crippen molar-refractivity contribution < 1.29 is 9.59 Å². The highest BCUT2D eigenvalue weighted by Crippen LogP contribution is 2.32. The van der Waals surface area contributed by atoms with Crippen molar-refractivity contribution in [3.8, 4) is 0 Å². The van der Waals surface area contributed by atoms with Gasteiger partial charge in [0.05, 0.1) is 5.88 Å². The number of rotatable bonds is 3. The molecule has 1 aliphatic heterocycles. The number of alkyl halides is 1. The van der Waals surface area contributed by atoms with Gasteiger partial charge in [-0.1, -0.05) is 13.8 Å². The summed E-state index contributed by atoms with van der Waals surface area (Å²) in [7, 11) is 0. The summed E-state index contributed by atoms with van der Waals surface area (Å²) in [6, 6.07) is 0. The lowest BCUT2D eigenvalue weighted by atomic mass is 9.74. The summed E-state index contributed by atoms with van der Waals surface area (Å²) in [6.45, 7) is 5.67. The van der Waals surface area contributed by atoms with Crippen molar-refractivity contribution in [2.75, 3.05) is 5.88 Å². The van der Waals surface area contributed by atoms with Crippen LogP contribution in [0.2, 0.25) is 0 Å². The Balaban J connectivity index is 3.01. The third-order valence-corrected chi connectivity index (χ3v) is 2.92. The fourth-order valence-electron chi connectivity index (χ4n) is 1.94. The highest BCUT2D eigenvalue weighted by molar-refractivity contribution is 6.26. The minimum atomic E-state index is -0.951. The van der Waals surface area contributed by atoms with Gasteiger partial charge in [-0.15, -0.1) is 11.6 Å². The van der Waals surface area contributed by atoms with Crippen molar-refractivity contribution in [1.29, 1.82) is 0 Å². The van der Waals surface area contributed by atoms with Crippen LogP contribution in [0.25, 0.3) is 0 Å². The fraction of sp³-hybridized carbons (Fsp3) is 0.636. The maximum Gasteiger partial charge on any atom is 0.237 e. The van der Waals surface area contributed by atoms with Gasteiger partial charge in [0.2, 0.25) is 5.91 Å². The molecule has 0 spiro atoms. The zero-order valence-corrected chi connectivity index (χ0v) is 10.0. The van der Waals surface area contributed by atoms with Crippen molar-refractivity contribution in [1.82, 2.24) is 5.32 Å². The number of carbonyl (C=O) groups excluding carboxylic acids is 2. The van der Waals surface area contributed by atoms with Crippen LogP contribution in [0.5, 0.6) is 0 Å². The van der Waals surface area contributed by atoms with E-state index < -0.39 is 5.41 Å². The van der Waals surface area contributed by atoms with Crippen molar-refractivity contribution in [2.24, 2.45) is 11.3 Å². The summed E-state index contributed by atoms with van der Waals surface area (Å²) in [4.78, 5) is 23.7. The van der Waals surface area contributed by atoms with Crippen molar-refractivity contribution in [3.05, 3.63) is 11.8 Å². The Kier molecular flexibility index (Phi) is 3.55. The molecule has 1 amide bonds. The van der Waals surface area contributed by atoms with Crippen molar-refractivity contribution in [3.63, 3.8) is 0 Å². The number of ketones is 1. The van der Waals surface area contributed by atoms with Gasteiger partial charge >= 0.3 is 0 Å².